The second kappa shape index (κ2) is 10.6. The van der Waals surface area contributed by atoms with Crippen LogP contribution >= 0.6 is 0 Å². The van der Waals surface area contributed by atoms with Crippen LogP contribution in [0.4, 0.5) is 10.1 Å². The van der Waals surface area contributed by atoms with Crippen molar-refractivity contribution in [2.75, 3.05) is 38.5 Å². The number of hydrogen-bond acceptors (Lipinski definition) is 4. The van der Waals surface area contributed by atoms with Gasteiger partial charge in [0.1, 0.15) is 5.82 Å². The number of rotatable bonds is 7. The van der Waals surface area contributed by atoms with Crippen molar-refractivity contribution in [2.45, 2.75) is 32.9 Å². The Hall–Kier alpha value is -3.19. The Morgan fingerprint density at radius 1 is 1.18 bits per heavy atom. The number of amides is 2. The first-order valence-electron chi connectivity index (χ1n) is 11.2. The minimum Gasteiger partial charge on any atom is -0.377 e. The lowest BCUT2D eigenvalue weighted by Crippen LogP contribution is -2.54. The summed E-state index contributed by atoms with van der Waals surface area (Å²) in [7, 11) is 1.61. The molecule has 2 aromatic carbocycles. The van der Waals surface area contributed by atoms with Crippen LogP contribution in [0.2, 0.25) is 0 Å². The molecule has 1 aliphatic heterocycles. The van der Waals surface area contributed by atoms with Crippen LogP contribution in [0.5, 0.6) is 0 Å². The number of carbonyl (C=O) groups excluding carboxylic acids is 2. The molecule has 176 valence electrons. The normalized spacial score (nSPS) is 17.4. The Kier molecular flexibility index (Phi) is 7.87. The Balaban J connectivity index is 1.83. The summed E-state index contributed by atoms with van der Waals surface area (Å²) in [5, 5.41) is 6.19. The van der Waals surface area contributed by atoms with Gasteiger partial charge in [0.25, 0.3) is 5.91 Å². The molecule has 0 aromatic heterocycles. The quantitative estimate of drug-likeness (QED) is 0.629. The Morgan fingerprint density at radius 2 is 1.94 bits per heavy atom. The molecule has 2 atom stereocenters. The maximum absolute atomic E-state index is 14.4. The van der Waals surface area contributed by atoms with E-state index in [1.807, 2.05) is 36.9 Å². The van der Waals surface area contributed by atoms with E-state index in [0.29, 0.717) is 24.2 Å². The van der Waals surface area contributed by atoms with Crippen molar-refractivity contribution in [3.8, 4) is 0 Å². The van der Waals surface area contributed by atoms with Gasteiger partial charge in [0.2, 0.25) is 5.91 Å². The van der Waals surface area contributed by atoms with Gasteiger partial charge >= 0.3 is 0 Å². The molecule has 1 aliphatic rings. The zero-order valence-corrected chi connectivity index (χ0v) is 19.8. The lowest BCUT2D eigenvalue weighted by atomic mass is 10.0. The van der Waals surface area contributed by atoms with Crippen LogP contribution in [-0.2, 0) is 4.79 Å². The fourth-order valence-corrected chi connectivity index (χ4v) is 4.31. The Morgan fingerprint density at radius 3 is 2.55 bits per heavy atom. The molecular formula is C26H33FN4O2. The van der Waals surface area contributed by atoms with E-state index in [4.69, 9.17) is 0 Å². The molecule has 0 bridgehead atoms. The number of hydrogen-bond donors (Lipinski definition) is 2. The minimum atomic E-state index is -0.236. The summed E-state index contributed by atoms with van der Waals surface area (Å²) in [4.78, 5) is 28.2. The highest BCUT2D eigenvalue weighted by atomic mass is 19.1. The predicted octanol–water partition coefficient (Wildman–Crippen LogP) is 3.67. The summed E-state index contributed by atoms with van der Waals surface area (Å²) >= 11 is 0. The third-order valence-corrected chi connectivity index (χ3v) is 6.25. The molecule has 33 heavy (non-hydrogen) atoms. The SMILES string of the molecule is C=CC(=O)N1CCN(CC(Nc2ccc(C(=O)NC)c(C)c2)c2ccc(C)c(F)c2)C[C@H]1C. The fourth-order valence-electron chi connectivity index (χ4n) is 4.31. The summed E-state index contributed by atoms with van der Waals surface area (Å²) < 4.78 is 14.4. The molecular weight excluding hydrogens is 419 g/mol. The average Bonchev–Trinajstić information content (AvgIpc) is 2.79. The van der Waals surface area contributed by atoms with Crippen LogP contribution in [0.3, 0.4) is 0 Å². The standard InChI is InChI=1S/C26H33FN4O2/c1-6-25(32)31-12-11-30(15-19(31)4)16-24(20-8-7-17(2)23(27)14-20)29-21-9-10-22(18(3)13-21)26(33)28-5/h6-10,13-14,19,24,29H,1,11-12,15-16H2,2-5H3,(H,28,33)/t19-,24?/m1/s1. The highest BCUT2D eigenvalue weighted by Crippen LogP contribution is 2.25. The number of aryl methyl sites for hydroxylation is 2. The van der Waals surface area contributed by atoms with Crippen LogP contribution in [0.25, 0.3) is 0 Å². The predicted molar refractivity (Wildman–Crippen MR) is 130 cm³/mol. The van der Waals surface area contributed by atoms with Crippen molar-refractivity contribution in [3.05, 3.63) is 77.1 Å². The molecule has 2 aromatic rings. The number of halogens is 1. The van der Waals surface area contributed by atoms with Gasteiger partial charge in [-0.1, -0.05) is 18.7 Å². The summed E-state index contributed by atoms with van der Waals surface area (Å²) in [5.74, 6) is -0.415. The van der Waals surface area contributed by atoms with Crippen molar-refractivity contribution in [1.29, 1.82) is 0 Å². The van der Waals surface area contributed by atoms with E-state index in [0.717, 1.165) is 29.9 Å². The van der Waals surface area contributed by atoms with Gasteiger partial charge in [-0.25, -0.2) is 4.39 Å². The van der Waals surface area contributed by atoms with E-state index in [2.05, 4.69) is 22.1 Å². The van der Waals surface area contributed by atoms with E-state index in [-0.39, 0.29) is 29.7 Å². The Bertz CT molecular complexity index is 1040. The number of benzene rings is 2. The van der Waals surface area contributed by atoms with Crippen molar-refractivity contribution >= 4 is 17.5 Å². The largest absolute Gasteiger partial charge is 0.377 e. The molecule has 0 saturated carbocycles. The maximum atomic E-state index is 14.4. The van der Waals surface area contributed by atoms with Gasteiger partial charge in [0.15, 0.2) is 0 Å². The van der Waals surface area contributed by atoms with Crippen molar-refractivity contribution in [3.63, 3.8) is 0 Å². The van der Waals surface area contributed by atoms with E-state index < -0.39 is 0 Å². The molecule has 7 heteroatoms. The van der Waals surface area contributed by atoms with Gasteiger partial charge < -0.3 is 15.5 Å². The van der Waals surface area contributed by atoms with E-state index in [9.17, 15) is 14.0 Å². The topological polar surface area (TPSA) is 64.7 Å². The zero-order valence-electron chi connectivity index (χ0n) is 19.8. The van der Waals surface area contributed by atoms with E-state index in [1.54, 1.807) is 32.2 Å². The van der Waals surface area contributed by atoms with Gasteiger partial charge in [-0.05, 0) is 67.8 Å². The molecule has 3 rings (SSSR count). The molecule has 6 nitrogen and oxygen atoms in total. The highest BCUT2D eigenvalue weighted by molar-refractivity contribution is 5.95. The molecule has 1 saturated heterocycles. The van der Waals surface area contributed by atoms with Crippen LogP contribution in [-0.4, -0.2) is 60.9 Å². The first-order chi connectivity index (χ1) is 15.7. The summed E-state index contributed by atoms with van der Waals surface area (Å²) in [5.41, 5.74) is 3.80. The summed E-state index contributed by atoms with van der Waals surface area (Å²) in [6.07, 6.45) is 1.36. The van der Waals surface area contributed by atoms with Crippen LogP contribution in [0.1, 0.15) is 40.0 Å². The van der Waals surface area contributed by atoms with E-state index in [1.165, 1.54) is 6.08 Å². The second-order valence-corrected chi connectivity index (χ2v) is 8.66. The number of nitrogens with zero attached hydrogens (tertiary/aromatic N) is 2. The van der Waals surface area contributed by atoms with Gasteiger partial charge in [-0.15, -0.1) is 0 Å². The van der Waals surface area contributed by atoms with Crippen molar-refractivity contribution < 1.29 is 14.0 Å². The number of carbonyl (C=O) groups is 2. The van der Waals surface area contributed by atoms with Gasteiger partial charge in [-0.2, -0.15) is 0 Å². The Labute approximate surface area is 195 Å². The number of nitrogens with one attached hydrogen (secondary N) is 2. The molecule has 1 fully saturated rings. The van der Waals surface area contributed by atoms with Crippen LogP contribution in [0.15, 0.2) is 49.1 Å². The zero-order chi connectivity index (χ0) is 24.1. The second-order valence-electron chi connectivity index (χ2n) is 8.66. The molecule has 2 N–H and O–H groups in total. The monoisotopic (exact) mass is 452 g/mol. The molecule has 2 amide bonds. The first kappa shape index (κ1) is 24.5. The number of anilines is 1. The molecule has 0 spiro atoms. The highest BCUT2D eigenvalue weighted by Gasteiger charge is 2.28. The molecule has 1 heterocycles. The van der Waals surface area contributed by atoms with Gasteiger partial charge in [0.05, 0.1) is 6.04 Å². The van der Waals surface area contributed by atoms with Gasteiger partial charge in [0, 0.05) is 50.5 Å². The fraction of sp³-hybridized carbons (Fsp3) is 0.385. The smallest absolute Gasteiger partial charge is 0.251 e. The van der Waals surface area contributed by atoms with Crippen molar-refractivity contribution in [2.24, 2.45) is 0 Å². The summed E-state index contributed by atoms with van der Waals surface area (Å²) in [6.45, 7) is 12.0. The van der Waals surface area contributed by atoms with Crippen LogP contribution < -0.4 is 10.6 Å². The first-order valence-corrected chi connectivity index (χ1v) is 11.2. The lowest BCUT2D eigenvalue weighted by molar-refractivity contribution is -0.130. The number of piperazine rings is 1. The molecule has 0 aliphatic carbocycles. The maximum Gasteiger partial charge on any atom is 0.251 e. The molecule has 1 unspecified atom stereocenters. The molecule has 0 radical (unpaired) electrons. The average molecular weight is 453 g/mol. The van der Waals surface area contributed by atoms with Crippen LogP contribution in [0, 0.1) is 19.7 Å². The van der Waals surface area contributed by atoms with E-state index >= 15 is 0 Å². The minimum absolute atomic E-state index is 0.0517. The lowest BCUT2D eigenvalue weighted by Gasteiger charge is -2.41. The van der Waals surface area contributed by atoms with Gasteiger partial charge in [-0.3, -0.25) is 14.5 Å². The summed E-state index contributed by atoms with van der Waals surface area (Å²) in [6, 6.07) is 10.8. The van der Waals surface area contributed by atoms with Crippen molar-refractivity contribution in [1.82, 2.24) is 15.1 Å². The third kappa shape index (κ3) is 5.79. The third-order valence-electron chi connectivity index (χ3n) is 6.25.